The van der Waals surface area contributed by atoms with Gasteiger partial charge in [0.25, 0.3) is 0 Å². The number of aromatic nitrogens is 1. The summed E-state index contributed by atoms with van der Waals surface area (Å²) < 4.78 is 5.69. The summed E-state index contributed by atoms with van der Waals surface area (Å²) in [4.78, 5) is 6.17. The summed E-state index contributed by atoms with van der Waals surface area (Å²) in [6.07, 6.45) is 1.66. The van der Waals surface area contributed by atoms with Crippen LogP contribution in [0.1, 0.15) is 5.56 Å². The minimum absolute atomic E-state index is 0.384. The van der Waals surface area contributed by atoms with E-state index in [0.717, 1.165) is 11.3 Å². The van der Waals surface area contributed by atoms with Crippen molar-refractivity contribution in [1.82, 2.24) is 4.98 Å². The highest BCUT2D eigenvalue weighted by atomic mass is 35.5. The largest absolute Gasteiger partial charge is 0.437 e. The van der Waals surface area contributed by atoms with Gasteiger partial charge in [0, 0.05) is 38.6 Å². The molecule has 0 saturated heterocycles. The van der Waals surface area contributed by atoms with Gasteiger partial charge in [-0.15, -0.1) is 0 Å². The first-order valence-electron chi connectivity index (χ1n) is 5.90. The second-order valence-corrected chi connectivity index (χ2v) is 4.74. The molecule has 1 aromatic heterocycles. The van der Waals surface area contributed by atoms with Gasteiger partial charge in [0.2, 0.25) is 5.88 Å². The smallest absolute Gasteiger partial charge is 0.238 e. The highest BCUT2D eigenvalue weighted by molar-refractivity contribution is 6.31. The van der Waals surface area contributed by atoms with Gasteiger partial charge >= 0.3 is 0 Å². The molecule has 0 atom stereocenters. The van der Waals surface area contributed by atoms with E-state index < -0.39 is 0 Å². The fourth-order valence-corrected chi connectivity index (χ4v) is 1.82. The number of pyridine rings is 1. The van der Waals surface area contributed by atoms with Crippen molar-refractivity contribution in [3.63, 3.8) is 0 Å². The zero-order valence-corrected chi connectivity index (χ0v) is 11.7. The van der Waals surface area contributed by atoms with E-state index in [1.807, 2.05) is 43.3 Å². The van der Waals surface area contributed by atoms with Gasteiger partial charge in [0.1, 0.15) is 10.8 Å². The molecule has 1 heterocycles. The fourth-order valence-electron chi connectivity index (χ4n) is 1.59. The second-order valence-electron chi connectivity index (χ2n) is 4.33. The maximum atomic E-state index is 6.11. The van der Waals surface area contributed by atoms with Crippen molar-refractivity contribution in [2.24, 2.45) is 5.73 Å². The van der Waals surface area contributed by atoms with Crippen molar-refractivity contribution in [2.75, 3.05) is 19.0 Å². The minimum Gasteiger partial charge on any atom is -0.437 e. The van der Waals surface area contributed by atoms with Crippen molar-refractivity contribution >= 4 is 17.3 Å². The summed E-state index contributed by atoms with van der Waals surface area (Å²) in [6, 6.07) is 9.47. The molecule has 2 rings (SSSR count). The van der Waals surface area contributed by atoms with Crippen LogP contribution in [0.15, 0.2) is 36.5 Å². The van der Waals surface area contributed by atoms with Crippen LogP contribution in [-0.2, 0) is 6.54 Å². The lowest BCUT2D eigenvalue weighted by Crippen LogP contribution is -2.08. The highest BCUT2D eigenvalue weighted by Crippen LogP contribution is 2.29. The molecule has 0 bridgehead atoms. The predicted octanol–water partition coefficient (Wildman–Crippen LogP) is 3.05. The first-order valence-corrected chi connectivity index (χ1v) is 6.27. The first kappa shape index (κ1) is 13.6. The highest BCUT2D eigenvalue weighted by Gasteiger charge is 2.07. The summed E-state index contributed by atoms with van der Waals surface area (Å²) in [7, 11) is 3.95. The molecule has 4 nitrogen and oxygen atoms in total. The van der Waals surface area contributed by atoms with Crippen molar-refractivity contribution in [1.29, 1.82) is 0 Å². The number of nitrogens with two attached hydrogens (primary N) is 1. The van der Waals surface area contributed by atoms with Crippen LogP contribution in [0.2, 0.25) is 5.02 Å². The average molecular weight is 278 g/mol. The second kappa shape index (κ2) is 5.91. The first-order chi connectivity index (χ1) is 9.10. The topological polar surface area (TPSA) is 51.4 Å². The third-order valence-electron chi connectivity index (χ3n) is 2.65. The Morgan fingerprint density at radius 2 is 2.11 bits per heavy atom. The lowest BCUT2D eigenvalue weighted by molar-refractivity contribution is 0.463. The molecule has 0 aliphatic carbocycles. The van der Waals surface area contributed by atoms with Crippen molar-refractivity contribution in [3.8, 4) is 11.6 Å². The molecular weight excluding hydrogens is 262 g/mol. The molecule has 0 amide bonds. The van der Waals surface area contributed by atoms with Gasteiger partial charge in [-0.3, -0.25) is 0 Å². The van der Waals surface area contributed by atoms with E-state index in [4.69, 9.17) is 22.1 Å². The molecule has 0 unspecified atom stereocenters. The number of ether oxygens (including phenoxy) is 1. The van der Waals surface area contributed by atoms with Crippen molar-refractivity contribution < 1.29 is 4.74 Å². The number of hydrogen-bond donors (Lipinski definition) is 1. The van der Waals surface area contributed by atoms with Crippen LogP contribution in [0.4, 0.5) is 5.69 Å². The Kier molecular flexibility index (Phi) is 4.24. The Bertz CT molecular complexity index is 572. The molecular formula is C14H16ClN3O. The minimum atomic E-state index is 0.384. The fraction of sp³-hybridized carbons (Fsp3) is 0.214. The lowest BCUT2D eigenvalue weighted by atomic mass is 10.3. The maximum absolute atomic E-state index is 6.11. The molecule has 2 aromatic rings. The Morgan fingerprint density at radius 1 is 1.32 bits per heavy atom. The molecule has 5 heteroatoms. The quantitative estimate of drug-likeness (QED) is 0.933. The Hall–Kier alpha value is -1.78. The zero-order chi connectivity index (χ0) is 13.8. The zero-order valence-electron chi connectivity index (χ0n) is 10.9. The van der Waals surface area contributed by atoms with Crippen LogP contribution in [-0.4, -0.2) is 19.1 Å². The summed E-state index contributed by atoms with van der Waals surface area (Å²) >= 11 is 6.11. The van der Waals surface area contributed by atoms with Gasteiger partial charge in [-0.05, 0) is 23.8 Å². The number of hydrogen-bond acceptors (Lipinski definition) is 4. The summed E-state index contributed by atoms with van der Waals surface area (Å²) in [6.45, 7) is 0.406. The molecule has 0 fully saturated rings. The molecule has 2 N–H and O–H groups in total. The van der Waals surface area contributed by atoms with E-state index in [1.54, 1.807) is 12.3 Å². The van der Waals surface area contributed by atoms with Gasteiger partial charge in [0.15, 0.2) is 0 Å². The van der Waals surface area contributed by atoms with Gasteiger partial charge < -0.3 is 15.4 Å². The molecule has 100 valence electrons. The van der Waals surface area contributed by atoms with Crippen LogP contribution in [0, 0.1) is 0 Å². The third-order valence-corrected chi connectivity index (χ3v) is 2.92. The number of benzene rings is 1. The van der Waals surface area contributed by atoms with E-state index in [1.165, 1.54) is 0 Å². The Morgan fingerprint density at radius 3 is 2.74 bits per heavy atom. The molecule has 0 radical (unpaired) electrons. The lowest BCUT2D eigenvalue weighted by Gasteiger charge is -2.14. The monoisotopic (exact) mass is 277 g/mol. The van der Waals surface area contributed by atoms with E-state index in [9.17, 15) is 0 Å². The van der Waals surface area contributed by atoms with E-state index in [0.29, 0.717) is 23.2 Å². The summed E-state index contributed by atoms with van der Waals surface area (Å²) in [5.41, 5.74) is 7.45. The predicted molar refractivity (Wildman–Crippen MR) is 78.0 cm³/mol. The average Bonchev–Trinajstić information content (AvgIpc) is 2.41. The van der Waals surface area contributed by atoms with E-state index in [-0.39, 0.29) is 0 Å². The van der Waals surface area contributed by atoms with Gasteiger partial charge in [-0.2, -0.15) is 0 Å². The van der Waals surface area contributed by atoms with Crippen molar-refractivity contribution in [2.45, 2.75) is 6.54 Å². The van der Waals surface area contributed by atoms with Gasteiger partial charge in [-0.1, -0.05) is 17.7 Å². The van der Waals surface area contributed by atoms with Crippen LogP contribution < -0.4 is 15.4 Å². The molecule has 0 saturated carbocycles. The SMILES string of the molecule is CN(C)c1cccc(Oc2ncc(CN)cc2Cl)c1. The standard InChI is InChI=1S/C14H16ClN3O/c1-18(2)11-4-3-5-12(7-11)19-14-13(15)6-10(8-16)9-17-14/h3-7,9H,8,16H2,1-2H3. The van der Waals surface area contributed by atoms with Gasteiger partial charge in [-0.25, -0.2) is 4.98 Å². The molecule has 0 aliphatic rings. The molecule has 0 spiro atoms. The van der Waals surface area contributed by atoms with Crippen LogP contribution >= 0.6 is 11.6 Å². The summed E-state index contributed by atoms with van der Waals surface area (Å²) in [5.74, 6) is 1.08. The van der Waals surface area contributed by atoms with E-state index >= 15 is 0 Å². The number of nitrogens with zero attached hydrogens (tertiary/aromatic N) is 2. The summed E-state index contributed by atoms with van der Waals surface area (Å²) in [5, 5.41) is 0.457. The Labute approximate surface area is 117 Å². The maximum Gasteiger partial charge on any atom is 0.238 e. The van der Waals surface area contributed by atoms with Crippen LogP contribution in [0.3, 0.4) is 0 Å². The molecule has 1 aromatic carbocycles. The third kappa shape index (κ3) is 3.36. The number of anilines is 1. The van der Waals surface area contributed by atoms with Gasteiger partial charge in [0.05, 0.1) is 0 Å². The number of halogens is 1. The number of rotatable bonds is 4. The van der Waals surface area contributed by atoms with Crippen molar-refractivity contribution in [3.05, 3.63) is 47.1 Å². The normalized spacial score (nSPS) is 10.3. The molecule has 0 aliphatic heterocycles. The molecule has 19 heavy (non-hydrogen) atoms. The Balaban J connectivity index is 2.23. The van der Waals surface area contributed by atoms with E-state index in [2.05, 4.69) is 4.98 Å². The van der Waals surface area contributed by atoms with Crippen LogP contribution in [0.5, 0.6) is 11.6 Å². The van der Waals surface area contributed by atoms with Crippen LogP contribution in [0.25, 0.3) is 0 Å².